The summed E-state index contributed by atoms with van der Waals surface area (Å²) in [4.78, 5) is 29.6. The van der Waals surface area contributed by atoms with Crippen molar-refractivity contribution in [3.8, 4) is 0 Å². The molecule has 0 aliphatic rings. The van der Waals surface area contributed by atoms with Crippen LogP contribution in [-0.4, -0.2) is 32.9 Å². The van der Waals surface area contributed by atoms with Crippen LogP contribution in [0.4, 0.5) is 0 Å². The maximum atomic E-state index is 12.1. The number of carboxylic acids is 1. The van der Waals surface area contributed by atoms with E-state index in [1.54, 1.807) is 0 Å². The van der Waals surface area contributed by atoms with Crippen LogP contribution in [0.25, 0.3) is 0 Å². The molecule has 0 saturated heterocycles. The summed E-state index contributed by atoms with van der Waals surface area (Å²) in [5, 5.41) is 8.76. The normalized spacial score (nSPS) is 13.5. The molecule has 0 spiro atoms. The maximum absolute atomic E-state index is 12.1. The molecule has 7 heteroatoms. The SMILES string of the molecule is N[C@@H](Cc1cnc(C(=O)C[C@H](N)c2ccccc2)[nH]1)C(=O)O. The summed E-state index contributed by atoms with van der Waals surface area (Å²) < 4.78 is 0. The van der Waals surface area contributed by atoms with E-state index in [0.717, 1.165) is 5.56 Å². The highest BCUT2D eigenvalue weighted by Crippen LogP contribution is 2.15. The average Bonchev–Trinajstić information content (AvgIpc) is 2.96. The smallest absolute Gasteiger partial charge is 0.320 e. The molecule has 0 fully saturated rings. The van der Waals surface area contributed by atoms with Crippen LogP contribution in [0.5, 0.6) is 0 Å². The van der Waals surface area contributed by atoms with Crippen molar-refractivity contribution >= 4 is 11.8 Å². The van der Waals surface area contributed by atoms with E-state index in [4.69, 9.17) is 16.6 Å². The van der Waals surface area contributed by atoms with Crippen LogP contribution >= 0.6 is 0 Å². The van der Waals surface area contributed by atoms with Crippen molar-refractivity contribution in [3.05, 3.63) is 53.6 Å². The summed E-state index contributed by atoms with van der Waals surface area (Å²) in [5.74, 6) is -1.17. The lowest BCUT2D eigenvalue weighted by molar-refractivity contribution is -0.138. The third kappa shape index (κ3) is 4.00. The molecule has 0 bridgehead atoms. The number of aliphatic carboxylic acids is 1. The molecule has 7 nitrogen and oxygen atoms in total. The van der Waals surface area contributed by atoms with E-state index in [-0.39, 0.29) is 24.4 Å². The number of hydrogen-bond acceptors (Lipinski definition) is 5. The highest BCUT2D eigenvalue weighted by molar-refractivity contribution is 5.93. The number of Topliss-reactive ketones (excluding diaryl/α,β-unsaturated/α-hetero) is 1. The summed E-state index contributed by atoms with van der Waals surface area (Å²) in [7, 11) is 0. The Hall–Kier alpha value is -2.51. The van der Waals surface area contributed by atoms with Crippen molar-refractivity contribution in [1.82, 2.24) is 9.97 Å². The molecule has 2 atom stereocenters. The van der Waals surface area contributed by atoms with Crippen LogP contribution in [-0.2, 0) is 11.2 Å². The van der Waals surface area contributed by atoms with Crippen LogP contribution in [0.15, 0.2) is 36.5 Å². The van der Waals surface area contributed by atoms with Gasteiger partial charge in [0.15, 0.2) is 11.6 Å². The van der Waals surface area contributed by atoms with E-state index in [1.807, 2.05) is 30.3 Å². The van der Waals surface area contributed by atoms with Gasteiger partial charge in [-0.3, -0.25) is 9.59 Å². The summed E-state index contributed by atoms with van der Waals surface area (Å²) >= 11 is 0. The number of nitrogens with one attached hydrogen (secondary N) is 1. The molecule has 0 saturated carbocycles. The molecule has 0 aliphatic carbocycles. The third-order valence-electron chi connectivity index (χ3n) is 3.28. The molecule has 6 N–H and O–H groups in total. The van der Waals surface area contributed by atoms with Crippen LogP contribution < -0.4 is 11.5 Å². The minimum absolute atomic E-state index is 0.0837. The van der Waals surface area contributed by atoms with Crippen molar-refractivity contribution in [1.29, 1.82) is 0 Å². The largest absolute Gasteiger partial charge is 0.480 e. The van der Waals surface area contributed by atoms with E-state index in [2.05, 4.69) is 9.97 Å². The number of nitrogens with two attached hydrogens (primary N) is 2. The summed E-state index contributed by atoms with van der Waals surface area (Å²) in [6.07, 6.45) is 1.62. The fourth-order valence-electron chi connectivity index (χ4n) is 2.04. The quantitative estimate of drug-likeness (QED) is 0.554. The van der Waals surface area contributed by atoms with Crippen molar-refractivity contribution in [3.63, 3.8) is 0 Å². The van der Waals surface area contributed by atoms with Gasteiger partial charge in [0, 0.05) is 30.8 Å². The van der Waals surface area contributed by atoms with E-state index in [0.29, 0.717) is 5.69 Å². The molecule has 1 aromatic carbocycles. The first-order valence-corrected chi connectivity index (χ1v) is 6.83. The molecule has 1 heterocycles. The van der Waals surface area contributed by atoms with Gasteiger partial charge in [0.05, 0.1) is 0 Å². The number of hydrogen-bond donors (Lipinski definition) is 4. The van der Waals surface area contributed by atoms with Crippen molar-refractivity contribution in [2.75, 3.05) is 0 Å². The Morgan fingerprint density at radius 3 is 2.55 bits per heavy atom. The van der Waals surface area contributed by atoms with Crippen LogP contribution in [0, 0.1) is 0 Å². The Kier molecular flexibility index (Phi) is 5.03. The lowest BCUT2D eigenvalue weighted by atomic mass is 10.0. The van der Waals surface area contributed by atoms with E-state index in [9.17, 15) is 9.59 Å². The lowest BCUT2D eigenvalue weighted by Gasteiger charge is -2.09. The van der Waals surface area contributed by atoms with Crippen molar-refractivity contribution in [2.45, 2.75) is 24.9 Å². The molecule has 116 valence electrons. The monoisotopic (exact) mass is 302 g/mol. The summed E-state index contributed by atoms with van der Waals surface area (Å²) in [6.45, 7) is 0. The number of carbonyl (C=O) groups excluding carboxylic acids is 1. The van der Waals surface area contributed by atoms with Gasteiger partial charge in [-0.15, -0.1) is 0 Å². The van der Waals surface area contributed by atoms with Gasteiger partial charge in [-0.05, 0) is 5.56 Å². The molecule has 2 rings (SSSR count). The van der Waals surface area contributed by atoms with Gasteiger partial charge < -0.3 is 21.6 Å². The number of imidazole rings is 1. The Morgan fingerprint density at radius 2 is 1.91 bits per heavy atom. The Labute approximate surface area is 127 Å². The number of H-pyrrole nitrogens is 1. The molecule has 0 unspecified atom stereocenters. The van der Waals surface area contributed by atoms with Gasteiger partial charge in [-0.1, -0.05) is 30.3 Å². The Balaban J connectivity index is 1.99. The molecule has 0 aliphatic heterocycles. The minimum atomic E-state index is -1.10. The summed E-state index contributed by atoms with van der Waals surface area (Å²) in [5.41, 5.74) is 12.8. The zero-order chi connectivity index (χ0) is 16.1. The lowest BCUT2D eigenvalue weighted by Crippen LogP contribution is -2.32. The number of ketones is 1. The number of rotatable bonds is 7. The van der Waals surface area contributed by atoms with Crippen LogP contribution in [0.3, 0.4) is 0 Å². The van der Waals surface area contributed by atoms with E-state index < -0.39 is 18.1 Å². The van der Waals surface area contributed by atoms with E-state index >= 15 is 0 Å². The summed E-state index contributed by atoms with van der Waals surface area (Å²) in [6, 6.07) is 7.87. The molecule has 2 aromatic rings. The first-order valence-electron chi connectivity index (χ1n) is 6.83. The first-order chi connectivity index (χ1) is 10.5. The second kappa shape index (κ2) is 6.97. The highest BCUT2D eigenvalue weighted by Gasteiger charge is 2.18. The molecular formula is C15H18N4O3. The fraction of sp³-hybridized carbons (Fsp3) is 0.267. The minimum Gasteiger partial charge on any atom is -0.480 e. The van der Waals surface area contributed by atoms with Gasteiger partial charge in [-0.2, -0.15) is 0 Å². The first kappa shape index (κ1) is 15.9. The van der Waals surface area contributed by atoms with Gasteiger partial charge in [-0.25, -0.2) is 4.98 Å². The number of aromatic amines is 1. The molecule has 0 amide bonds. The van der Waals surface area contributed by atoms with Gasteiger partial charge in [0.1, 0.15) is 6.04 Å². The number of benzene rings is 1. The second-order valence-corrected chi connectivity index (χ2v) is 5.05. The molecule has 0 radical (unpaired) electrons. The Bertz CT molecular complexity index is 654. The van der Waals surface area contributed by atoms with Gasteiger partial charge in [0.2, 0.25) is 0 Å². The van der Waals surface area contributed by atoms with Gasteiger partial charge in [0.25, 0.3) is 0 Å². The zero-order valence-electron chi connectivity index (χ0n) is 11.9. The standard InChI is InChI=1S/C15H18N4O3/c16-11(9-4-2-1-3-5-9)7-13(20)14-18-8-10(19-14)6-12(17)15(21)22/h1-5,8,11-12H,6-7,16-17H2,(H,18,19)(H,21,22)/t11-,12-/m0/s1. The van der Waals surface area contributed by atoms with Gasteiger partial charge >= 0.3 is 5.97 Å². The van der Waals surface area contributed by atoms with Crippen LogP contribution in [0.1, 0.15) is 34.3 Å². The second-order valence-electron chi connectivity index (χ2n) is 5.05. The third-order valence-corrected chi connectivity index (χ3v) is 3.28. The fourth-order valence-corrected chi connectivity index (χ4v) is 2.04. The Morgan fingerprint density at radius 1 is 1.23 bits per heavy atom. The number of carbonyl (C=O) groups is 2. The number of carboxylic acid groups (broad SMARTS) is 1. The maximum Gasteiger partial charge on any atom is 0.320 e. The average molecular weight is 302 g/mol. The van der Waals surface area contributed by atoms with Crippen molar-refractivity contribution < 1.29 is 14.7 Å². The molecular weight excluding hydrogens is 284 g/mol. The van der Waals surface area contributed by atoms with E-state index in [1.165, 1.54) is 6.20 Å². The number of aromatic nitrogens is 2. The molecule has 1 aromatic heterocycles. The number of nitrogens with zero attached hydrogens (tertiary/aromatic N) is 1. The highest BCUT2D eigenvalue weighted by atomic mass is 16.4. The predicted molar refractivity (Wildman–Crippen MR) is 80.2 cm³/mol. The van der Waals surface area contributed by atoms with Crippen molar-refractivity contribution in [2.24, 2.45) is 11.5 Å². The van der Waals surface area contributed by atoms with Crippen LogP contribution in [0.2, 0.25) is 0 Å². The molecule has 22 heavy (non-hydrogen) atoms. The predicted octanol–water partition coefficient (Wildman–Crippen LogP) is 0.637. The topological polar surface area (TPSA) is 135 Å². The zero-order valence-corrected chi connectivity index (χ0v) is 11.9.